The second kappa shape index (κ2) is 5.88. The summed E-state index contributed by atoms with van der Waals surface area (Å²) in [6.07, 6.45) is 3.06. The Morgan fingerprint density at radius 3 is 2.89 bits per heavy atom. The van der Waals surface area contributed by atoms with Crippen molar-refractivity contribution in [3.8, 4) is 0 Å². The SMILES string of the molecule is NCc1ccc(CNc2ncncc2Br)c(F)c1. The Hall–Kier alpha value is -1.53. The summed E-state index contributed by atoms with van der Waals surface area (Å²) in [6, 6.07) is 4.99. The van der Waals surface area contributed by atoms with E-state index in [9.17, 15) is 4.39 Å². The molecule has 1 aromatic carbocycles. The fourth-order valence-electron chi connectivity index (χ4n) is 1.48. The average molecular weight is 311 g/mol. The van der Waals surface area contributed by atoms with E-state index in [-0.39, 0.29) is 5.82 Å². The van der Waals surface area contributed by atoms with Crippen molar-refractivity contribution in [2.45, 2.75) is 13.1 Å². The van der Waals surface area contributed by atoms with Crippen LogP contribution in [0, 0.1) is 5.82 Å². The Labute approximate surface area is 113 Å². The molecule has 2 rings (SSSR count). The van der Waals surface area contributed by atoms with Gasteiger partial charge in [0.15, 0.2) is 0 Å². The Bertz CT molecular complexity index is 547. The summed E-state index contributed by atoms with van der Waals surface area (Å²) in [5.41, 5.74) is 6.79. The number of hydrogen-bond acceptors (Lipinski definition) is 4. The summed E-state index contributed by atoms with van der Waals surface area (Å²) in [6.45, 7) is 0.689. The number of rotatable bonds is 4. The minimum absolute atomic E-state index is 0.268. The standard InChI is InChI=1S/C12H12BrFN4/c13-10-6-16-7-18-12(10)17-5-9-2-1-8(4-15)3-11(9)14/h1-3,6-7H,4-5,15H2,(H,16,17,18). The second-order valence-electron chi connectivity index (χ2n) is 3.70. The summed E-state index contributed by atoms with van der Waals surface area (Å²) in [4.78, 5) is 7.90. The van der Waals surface area contributed by atoms with Crippen LogP contribution in [0.4, 0.5) is 10.2 Å². The average Bonchev–Trinajstić information content (AvgIpc) is 2.39. The predicted molar refractivity (Wildman–Crippen MR) is 71.4 cm³/mol. The molecule has 0 amide bonds. The normalized spacial score (nSPS) is 10.4. The molecule has 0 aliphatic heterocycles. The van der Waals surface area contributed by atoms with Crippen molar-refractivity contribution < 1.29 is 4.39 Å². The number of benzene rings is 1. The molecular weight excluding hydrogens is 299 g/mol. The fourth-order valence-corrected chi connectivity index (χ4v) is 1.84. The third-order valence-corrected chi connectivity index (χ3v) is 3.05. The molecule has 0 saturated carbocycles. The molecule has 0 atom stereocenters. The van der Waals surface area contributed by atoms with Crippen LogP contribution < -0.4 is 11.1 Å². The first-order valence-corrected chi connectivity index (χ1v) is 6.16. The van der Waals surface area contributed by atoms with Gasteiger partial charge in [-0.2, -0.15) is 0 Å². The first-order valence-electron chi connectivity index (χ1n) is 5.37. The van der Waals surface area contributed by atoms with Crippen molar-refractivity contribution in [3.63, 3.8) is 0 Å². The first-order chi connectivity index (χ1) is 8.70. The van der Waals surface area contributed by atoms with Crippen molar-refractivity contribution in [2.75, 3.05) is 5.32 Å². The van der Waals surface area contributed by atoms with E-state index in [1.54, 1.807) is 12.3 Å². The lowest BCUT2D eigenvalue weighted by molar-refractivity contribution is 0.610. The Balaban J connectivity index is 2.09. The van der Waals surface area contributed by atoms with E-state index in [1.807, 2.05) is 6.07 Å². The third-order valence-electron chi connectivity index (χ3n) is 2.47. The largest absolute Gasteiger partial charge is 0.365 e. The van der Waals surface area contributed by atoms with Crippen LogP contribution in [-0.4, -0.2) is 9.97 Å². The van der Waals surface area contributed by atoms with Crippen LogP contribution >= 0.6 is 15.9 Å². The molecule has 3 N–H and O–H groups in total. The molecule has 0 aliphatic rings. The van der Waals surface area contributed by atoms with E-state index in [2.05, 4.69) is 31.2 Å². The smallest absolute Gasteiger partial charge is 0.144 e. The maximum Gasteiger partial charge on any atom is 0.144 e. The summed E-state index contributed by atoms with van der Waals surface area (Å²) < 4.78 is 14.4. The topological polar surface area (TPSA) is 63.8 Å². The Morgan fingerprint density at radius 1 is 1.39 bits per heavy atom. The van der Waals surface area contributed by atoms with Crippen LogP contribution in [0.25, 0.3) is 0 Å². The van der Waals surface area contributed by atoms with Gasteiger partial charge in [-0.25, -0.2) is 14.4 Å². The van der Waals surface area contributed by atoms with Crippen molar-refractivity contribution in [1.29, 1.82) is 0 Å². The number of aromatic nitrogens is 2. The van der Waals surface area contributed by atoms with Gasteiger partial charge in [-0.1, -0.05) is 12.1 Å². The van der Waals surface area contributed by atoms with Gasteiger partial charge < -0.3 is 11.1 Å². The number of nitrogens with one attached hydrogen (secondary N) is 1. The minimum Gasteiger partial charge on any atom is -0.365 e. The van der Waals surface area contributed by atoms with Crippen molar-refractivity contribution >= 4 is 21.7 Å². The number of anilines is 1. The van der Waals surface area contributed by atoms with Gasteiger partial charge in [0.2, 0.25) is 0 Å². The number of halogens is 2. The van der Waals surface area contributed by atoms with E-state index in [4.69, 9.17) is 5.73 Å². The van der Waals surface area contributed by atoms with Gasteiger partial charge in [0.05, 0.1) is 4.47 Å². The summed E-state index contributed by atoms with van der Waals surface area (Å²) in [5.74, 6) is 0.364. The van der Waals surface area contributed by atoms with Gasteiger partial charge in [-0.15, -0.1) is 0 Å². The molecule has 0 saturated heterocycles. The Kier molecular flexibility index (Phi) is 4.22. The van der Waals surface area contributed by atoms with E-state index < -0.39 is 0 Å². The predicted octanol–water partition coefficient (Wildman–Crippen LogP) is 2.45. The fraction of sp³-hybridized carbons (Fsp3) is 0.167. The second-order valence-corrected chi connectivity index (χ2v) is 4.56. The highest BCUT2D eigenvalue weighted by molar-refractivity contribution is 9.10. The van der Waals surface area contributed by atoms with Crippen molar-refractivity contribution in [3.05, 3.63) is 52.1 Å². The van der Waals surface area contributed by atoms with E-state index >= 15 is 0 Å². The van der Waals surface area contributed by atoms with Crippen LogP contribution in [0.2, 0.25) is 0 Å². The zero-order chi connectivity index (χ0) is 13.0. The molecule has 94 valence electrons. The molecular formula is C12H12BrFN4. The van der Waals surface area contributed by atoms with Crippen LogP contribution in [0.1, 0.15) is 11.1 Å². The lowest BCUT2D eigenvalue weighted by atomic mass is 10.1. The lowest BCUT2D eigenvalue weighted by Gasteiger charge is -2.08. The molecule has 0 fully saturated rings. The zero-order valence-corrected chi connectivity index (χ0v) is 11.1. The summed E-state index contributed by atoms with van der Waals surface area (Å²) in [5, 5.41) is 3.04. The molecule has 1 aromatic heterocycles. The lowest BCUT2D eigenvalue weighted by Crippen LogP contribution is -2.05. The summed E-state index contributed by atoms with van der Waals surface area (Å²) >= 11 is 3.31. The van der Waals surface area contributed by atoms with Crippen LogP contribution in [0.5, 0.6) is 0 Å². The highest BCUT2D eigenvalue weighted by Crippen LogP contribution is 2.18. The van der Waals surface area contributed by atoms with Gasteiger partial charge >= 0.3 is 0 Å². The van der Waals surface area contributed by atoms with Gasteiger partial charge in [0.25, 0.3) is 0 Å². The maximum absolute atomic E-state index is 13.7. The quantitative estimate of drug-likeness (QED) is 0.910. The van der Waals surface area contributed by atoms with E-state index in [0.717, 1.165) is 10.0 Å². The van der Waals surface area contributed by atoms with E-state index in [0.29, 0.717) is 24.5 Å². The summed E-state index contributed by atoms with van der Waals surface area (Å²) in [7, 11) is 0. The van der Waals surface area contributed by atoms with E-state index in [1.165, 1.54) is 12.4 Å². The maximum atomic E-state index is 13.7. The molecule has 0 aliphatic carbocycles. The number of nitrogens with two attached hydrogens (primary N) is 1. The van der Waals surface area contributed by atoms with Gasteiger partial charge in [-0.05, 0) is 27.6 Å². The zero-order valence-electron chi connectivity index (χ0n) is 9.53. The molecule has 18 heavy (non-hydrogen) atoms. The Morgan fingerprint density at radius 2 is 2.22 bits per heavy atom. The highest BCUT2D eigenvalue weighted by Gasteiger charge is 2.05. The molecule has 0 radical (unpaired) electrons. The molecule has 1 heterocycles. The van der Waals surface area contributed by atoms with Gasteiger partial charge in [0, 0.05) is 24.8 Å². The highest BCUT2D eigenvalue weighted by atomic mass is 79.9. The van der Waals surface area contributed by atoms with Crippen LogP contribution in [0.15, 0.2) is 35.2 Å². The monoisotopic (exact) mass is 310 g/mol. The van der Waals surface area contributed by atoms with Crippen molar-refractivity contribution in [2.24, 2.45) is 5.73 Å². The molecule has 0 bridgehead atoms. The molecule has 0 spiro atoms. The molecule has 0 unspecified atom stereocenters. The van der Waals surface area contributed by atoms with Crippen molar-refractivity contribution in [1.82, 2.24) is 9.97 Å². The van der Waals surface area contributed by atoms with Gasteiger partial charge in [0.1, 0.15) is 18.0 Å². The number of nitrogens with zero attached hydrogens (tertiary/aromatic N) is 2. The third kappa shape index (κ3) is 3.02. The van der Waals surface area contributed by atoms with Crippen LogP contribution in [0.3, 0.4) is 0 Å². The van der Waals surface area contributed by atoms with Crippen LogP contribution in [-0.2, 0) is 13.1 Å². The number of hydrogen-bond donors (Lipinski definition) is 2. The minimum atomic E-state index is -0.268. The molecule has 6 heteroatoms. The molecule has 2 aromatic rings. The van der Waals surface area contributed by atoms with Gasteiger partial charge in [-0.3, -0.25) is 0 Å². The molecule has 4 nitrogen and oxygen atoms in total. The first kappa shape index (κ1) is 12.9.